The maximum absolute atomic E-state index is 12.9. The maximum atomic E-state index is 12.9. The lowest BCUT2D eigenvalue weighted by Gasteiger charge is -2.31. The van der Waals surface area contributed by atoms with E-state index in [1.807, 2.05) is 6.07 Å². The molecule has 0 amide bonds. The summed E-state index contributed by atoms with van der Waals surface area (Å²) in [7, 11) is -3.54. The molecule has 7 heteroatoms. The van der Waals surface area contributed by atoms with Gasteiger partial charge in [0.15, 0.2) is 0 Å². The molecule has 1 saturated heterocycles. The zero-order valence-corrected chi connectivity index (χ0v) is 13.7. The Labute approximate surface area is 129 Å². The predicted octanol–water partition coefficient (Wildman–Crippen LogP) is 1.72. The van der Waals surface area contributed by atoms with Crippen LogP contribution in [0, 0.1) is 0 Å². The van der Waals surface area contributed by atoms with Crippen molar-refractivity contribution in [1.82, 2.24) is 4.31 Å². The van der Waals surface area contributed by atoms with E-state index >= 15 is 0 Å². The van der Waals surface area contributed by atoms with Crippen molar-refractivity contribution >= 4 is 27.5 Å². The number of rotatable bonds is 2. The lowest BCUT2D eigenvalue weighted by atomic mass is 10.1. The van der Waals surface area contributed by atoms with Crippen molar-refractivity contribution in [2.45, 2.75) is 29.9 Å². The normalized spacial score (nSPS) is 23.4. The van der Waals surface area contributed by atoms with Crippen LogP contribution in [0.2, 0.25) is 0 Å². The van der Waals surface area contributed by atoms with Crippen LogP contribution in [0.3, 0.4) is 0 Å². The van der Waals surface area contributed by atoms with Crippen molar-refractivity contribution < 1.29 is 13.2 Å². The summed E-state index contributed by atoms with van der Waals surface area (Å²) in [6.45, 7) is 3.70. The van der Waals surface area contributed by atoms with Crippen molar-refractivity contribution in [2.24, 2.45) is 0 Å². The summed E-state index contributed by atoms with van der Waals surface area (Å²) < 4.78 is 33.1. The molecule has 1 aromatic rings. The molecule has 1 aromatic carbocycles. The topological polar surface area (TPSA) is 72.6 Å². The Morgan fingerprint density at radius 2 is 2.24 bits per heavy atom. The molecule has 5 nitrogen and oxygen atoms in total. The molecule has 0 saturated carbocycles. The number of hydrogen-bond donors (Lipinski definition) is 1. The van der Waals surface area contributed by atoms with Gasteiger partial charge in [-0.3, -0.25) is 0 Å². The van der Waals surface area contributed by atoms with Gasteiger partial charge in [-0.1, -0.05) is 6.92 Å². The van der Waals surface area contributed by atoms with Crippen LogP contribution < -0.4 is 10.5 Å². The largest absolute Gasteiger partial charge is 0.492 e. The summed E-state index contributed by atoms with van der Waals surface area (Å²) >= 11 is 1.80. The SMILES string of the molecule is CC1CN(S(=O)(=O)c2cc(N)cc3c2OCCC3)CCS1. The molecule has 2 N–H and O–H groups in total. The van der Waals surface area contributed by atoms with Gasteiger partial charge in [0, 0.05) is 29.8 Å². The maximum Gasteiger partial charge on any atom is 0.246 e. The van der Waals surface area contributed by atoms with E-state index in [4.69, 9.17) is 10.5 Å². The Morgan fingerprint density at radius 1 is 1.43 bits per heavy atom. The minimum atomic E-state index is -3.54. The third kappa shape index (κ3) is 2.86. The first kappa shape index (κ1) is 15.0. The summed E-state index contributed by atoms with van der Waals surface area (Å²) in [6.07, 6.45) is 1.71. The number of benzene rings is 1. The Balaban J connectivity index is 2.04. The molecule has 3 rings (SSSR count). The summed E-state index contributed by atoms with van der Waals surface area (Å²) in [4.78, 5) is 0.233. The molecule has 116 valence electrons. The second-order valence-corrected chi connectivity index (χ2v) is 8.96. The number of thioether (sulfide) groups is 1. The molecule has 0 radical (unpaired) electrons. The number of anilines is 1. The van der Waals surface area contributed by atoms with E-state index < -0.39 is 10.0 Å². The van der Waals surface area contributed by atoms with Gasteiger partial charge >= 0.3 is 0 Å². The summed E-state index contributed by atoms with van der Waals surface area (Å²) in [5.41, 5.74) is 7.28. The smallest absolute Gasteiger partial charge is 0.246 e. The van der Waals surface area contributed by atoms with E-state index in [9.17, 15) is 8.42 Å². The fourth-order valence-electron chi connectivity index (χ4n) is 2.81. The van der Waals surface area contributed by atoms with E-state index in [0.29, 0.717) is 36.4 Å². The van der Waals surface area contributed by atoms with Gasteiger partial charge in [0.2, 0.25) is 10.0 Å². The van der Waals surface area contributed by atoms with Crippen LogP contribution in [0.5, 0.6) is 5.75 Å². The number of sulfonamides is 1. The van der Waals surface area contributed by atoms with Crippen LogP contribution in [0.4, 0.5) is 5.69 Å². The van der Waals surface area contributed by atoms with Crippen molar-refractivity contribution in [1.29, 1.82) is 0 Å². The van der Waals surface area contributed by atoms with E-state index in [1.54, 1.807) is 16.1 Å². The second kappa shape index (κ2) is 5.70. The molecule has 0 spiro atoms. The average Bonchev–Trinajstić information content (AvgIpc) is 2.46. The minimum absolute atomic E-state index is 0.233. The van der Waals surface area contributed by atoms with Gasteiger partial charge < -0.3 is 10.5 Å². The van der Waals surface area contributed by atoms with Gasteiger partial charge in [-0.15, -0.1) is 0 Å². The van der Waals surface area contributed by atoms with Crippen LogP contribution >= 0.6 is 11.8 Å². The summed E-state index contributed by atoms with van der Waals surface area (Å²) in [6, 6.07) is 3.36. The Morgan fingerprint density at radius 3 is 3.00 bits per heavy atom. The molecule has 1 unspecified atom stereocenters. The van der Waals surface area contributed by atoms with E-state index in [-0.39, 0.29) is 4.90 Å². The molecule has 2 aliphatic rings. The summed E-state index contributed by atoms with van der Waals surface area (Å²) in [5.74, 6) is 1.33. The highest BCUT2D eigenvalue weighted by atomic mass is 32.2. The Hall–Kier alpha value is -0.920. The van der Waals surface area contributed by atoms with Crippen LogP contribution in [0.1, 0.15) is 18.9 Å². The number of fused-ring (bicyclic) bond motifs is 1. The first-order chi connectivity index (χ1) is 9.98. The average molecular weight is 328 g/mol. The van der Waals surface area contributed by atoms with Gasteiger partial charge in [-0.25, -0.2) is 8.42 Å². The van der Waals surface area contributed by atoms with E-state index in [2.05, 4.69) is 6.92 Å². The number of nitrogens with two attached hydrogens (primary N) is 1. The van der Waals surface area contributed by atoms with Gasteiger partial charge in [-0.05, 0) is 30.5 Å². The number of ether oxygens (including phenoxy) is 1. The van der Waals surface area contributed by atoms with Crippen molar-refractivity contribution in [3.8, 4) is 5.75 Å². The number of aryl methyl sites for hydroxylation is 1. The molecular weight excluding hydrogens is 308 g/mol. The molecule has 0 bridgehead atoms. The zero-order chi connectivity index (χ0) is 15.0. The quantitative estimate of drug-likeness (QED) is 0.837. The van der Waals surface area contributed by atoms with Crippen molar-refractivity contribution in [3.05, 3.63) is 17.7 Å². The van der Waals surface area contributed by atoms with Gasteiger partial charge in [0.1, 0.15) is 10.6 Å². The van der Waals surface area contributed by atoms with Gasteiger partial charge in [-0.2, -0.15) is 16.1 Å². The zero-order valence-electron chi connectivity index (χ0n) is 12.0. The van der Waals surface area contributed by atoms with E-state index in [0.717, 1.165) is 24.2 Å². The third-order valence-electron chi connectivity index (χ3n) is 3.81. The number of nitrogen functional groups attached to an aromatic ring is 1. The molecule has 1 fully saturated rings. The lowest BCUT2D eigenvalue weighted by Crippen LogP contribution is -2.41. The molecule has 0 aromatic heterocycles. The van der Waals surface area contributed by atoms with Crippen molar-refractivity contribution in [3.63, 3.8) is 0 Å². The van der Waals surface area contributed by atoms with Crippen LogP contribution in [-0.4, -0.2) is 43.4 Å². The van der Waals surface area contributed by atoms with E-state index in [1.165, 1.54) is 6.07 Å². The highest BCUT2D eigenvalue weighted by molar-refractivity contribution is 8.00. The fourth-order valence-corrected chi connectivity index (χ4v) is 5.77. The number of hydrogen-bond acceptors (Lipinski definition) is 5. The minimum Gasteiger partial charge on any atom is -0.492 e. The molecule has 2 heterocycles. The predicted molar refractivity (Wildman–Crippen MR) is 85.3 cm³/mol. The fraction of sp³-hybridized carbons (Fsp3) is 0.571. The van der Waals surface area contributed by atoms with Crippen LogP contribution in [0.25, 0.3) is 0 Å². The standard InChI is InChI=1S/C14H20N2O3S2/c1-10-9-16(4-6-20-10)21(17,18)13-8-12(15)7-11-3-2-5-19-14(11)13/h7-8,10H,2-6,9,15H2,1H3. The van der Waals surface area contributed by atoms with Crippen molar-refractivity contribution in [2.75, 3.05) is 31.2 Å². The first-order valence-electron chi connectivity index (χ1n) is 7.15. The Bertz CT molecular complexity index is 646. The molecule has 1 atom stereocenters. The van der Waals surface area contributed by atoms with Crippen LogP contribution in [0.15, 0.2) is 17.0 Å². The molecule has 0 aliphatic carbocycles. The third-order valence-corrected chi connectivity index (χ3v) is 6.82. The molecular formula is C14H20N2O3S2. The highest BCUT2D eigenvalue weighted by Crippen LogP contribution is 2.37. The Kier molecular flexibility index (Phi) is 4.07. The second-order valence-electron chi connectivity index (χ2n) is 5.50. The van der Waals surface area contributed by atoms with Gasteiger partial charge in [0.05, 0.1) is 6.61 Å². The van der Waals surface area contributed by atoms with Gasteiger partial charge in [0.25, 0.3) is 0 Å². The number of nitrogens with zero attached hydrogens (tertiary/aromatic N) is 1. The molecule has 21 heavy (non-hydrogen) atoms. The van der Waals surface area contributed by atoms with Crippen LogP contribution in [-0.2, 0) is 16.4 Å². The first-order valence-corrected chi connectivity index (χ1v) is 9.64. The summed E-state index contributed by atoms with van der Waals surface area (Å²) in [5, 5.41) is 0.311. The molecule has 2 aliphatic heterocycles. The monoisotopic (exact) mass is 328 g/mol. The lowest BCUT2D eigenvalue weighted by molar-refractivity contribution is 0.279. The highest BCUT2D eigenvalue weighted by Gasteiger charge is 2.33.